The SMILES string of the molecule is C[C@@]1(O)[C@H](O)[C@@H](CO)O[C@H]1c1cnc2c(N)nc(F)nn12. The molecule has 0 radical (unpaired) electrons. The van der Waals surface area contributed by atoms with E-state index in [1.165, 1.54) is 13.1 Å². The van der Waals surface area contributed by atoms with Crippen LogP contribution in [-0.2, 0) is 4.74 Å². The number of anilines is 1. The van der Waals surface area contributed by atoms with Gasteiger partial charge >= 0.3 is 6.08 Å². The van der Waals surface area contributed by atoms with Crippen LogP contribution in [0.2, 0.25) is 0 Å². The fourth-order valence-electron chi connectivity index (χ4n) is 2.50. The minimum Gasteiger partial charge on any atom is -0.394 e. The van der Waals surface area contributed by atoms with Crippen molar-refractivity contribution >= 4 is 11.5 Å². The number of nitrogens with two attached hydrogens (primary N) is 1. The highest BCUT2D eigenvalue weighted by Gasteiger charge is 2.53. The van der Waals surface area contributed by atoms with Crippen LogP contribution >= 0.6 is 0 Å². The topological polar surface area (TPSA) is 139 Å². The molecule has 0 saturated carbocycles. The molecule has 10 heteroatoms. The number of hydrogen-bond donors (Lipinski definition) is 4. The number of nitrogen functional groups attached to an aromatic ring is 1. The van der Waals surface area contributed by atoms with Crippen LogP contribution in [-0.4, -0.2) is 59.3 Å². The Labute approximate surface area is 117 Å². The van der Waals surface area contributed by atoms with Gasteiger partial charge in [0.15, 0.2) is 11.5 Å². The number of imidazole rings is 1. The van der Waals surface area contributed by atoms with Gasteiger partial charge in [0.05, 0.1) is 18.5 Å². The number of fused-ring (bicyclic) bond motifs is 1. The third kappa shape index (κ3) is 1.95. The molecule has 0 spiro atoms. The van der Waals surface area contributed by atoms with Gasteiger partial charge < -0.3 is 25.8 Å². The fourth-order valence-corrected chi connectivity index (χ4v) is 2.50. The quantitative estimate of drug-likeness (QED) is 0.519. The molecule has 0 aromatic carbocycles. The van der Waals surface area contributed by atoms with Crippen LogP contribution in [0.25, 0.3) is 5.65 Å². The Morgan fingerprint density at radius 1 is 1.57 bits per heavy atom. The monoisotopic (exact) mass is 299 g/mol. The number of ether oxygens (including phenoxy) is 1. The third-order valence-corrected chi connectivity index (χ3v) is 3.63. The maximum absolute atomic E-state index is 13.3. The van der Waals surface area contributed by atoms with E-state index in [0.717, 1.165) is 4.52 Å². The summed E-state index contributed by atoms with van der Waals surface area (Å²) in [7, 11) is 0. The molecular weight excluding hydrogens is 285 g/mol. The molecule has 0 aliphatic carbocycles. The molecule has 2 aromatic heterocycles. The summed E-state index contributed by atoms with van der Waals surface area (Å²) in [6, 6.07) is 0. The van der Waals surface area contributed by atoms with Gasteiger partial charge in [-0.2, -0.15) is 9.37 Å². The summed E-state index contributed by atoms with van der Waals surface area (Å²) in [6.45, 7) is 0.869. The summed E-state index contributed by atoms with van der Waals surface area (Å²) in [5, 5.41) is 33.1. The summed E-state index contributed by atoms with van der Waals surface area (Å²) in [5.41, 5.74) is 4.14. The standard InChI is InChI=1S/C11H14FN5O4/c1-11(20)6(19)5(3-18)21-7(11)4-2-14-9-8(13)15-10(12)16-17(4)9/h2,5-7,18-20H,3H2,1H3,(H2,13,15,16)/t5-,6-,7+,11-/m1/s1. The molecule has 2 aromatic rings. The number of aliphatic hydroxyl groups is 3. The normalized spacial score (nSPS) is 32.9. The van der Waals surface area contributed by atoms with E-state index in [0.29, 0.717) is 0 Å². The third-order valence-electron chi connectivity index (χ3n) is 3.63. The summed E-state index contributed by atoms with van der Waals surface area (Å²) < 4.78 is 19.8. The molecule has 21 heavy (non-hydrogen) atoms. The second-order valence-electron chi connectivity index (χ2n) is 5.09. The van der Waals surface area contributed by atoms with Gasteiger partial charge in [0.25, 0.3) is 0 Å². The van der Waals surface area contributed by atoms with E-state index in [2.05, 4.69) is 15.1 Å². The van der Waals surface area contributed by atoms with Gasteiger partial charge in [-0.3, -0.25) is 0 Å². The van der Waals surface area contributed by atoms with E-state index in [1.54, 1.807) is 0 Å². The van der Waals surface area contributed by atoms with E-state index < -0.39 is 36.6 Å². The minimum absolute atomic E-state index is 0.104. The van der Waals surface area contributed by atoms with Gasteiger partial charge in [-0.1, -0.05) is 0 Å². The number of halogens is 1. The van der Waals surface area contributed by atoms with Crippen LogP contribution in [0.5, 0.6) is 0 Å². The Hall–Kier alpha value is -1.88. The molecule has 0 amide bonds. The lowest BCUT2D eigenvalue weighted by Crippen LogP contribution is -2.43. The van der Waals surface area contributed by atoms with Gasteiger partial charge in [-0.05, 0) is 6.92 Å². The Bertz CT molecular complexity index is 691. The van der Waals surface area contributed by atoms with Gasteiger partial charge in [0.1, 0.15) is 23.9 Å². The minimum atomic E-state index is -1.71. The zero-order chi connectivity index (χ0) is 15.4. The van der Waals surface area contributed by atoms with Gasteiger partial charge in [-0.25, -0.2) is 9.50 Å². The molecular formula is C11H14FN5O4. The van der Waals surface area contributed by atoms with Crippen molar-refractivity contribution in [2.45, 2.75) is 30.8 Å². The fraction of sp³-hybridized carbons (Fsp3) is 0.545. The first-order valence-corrected chi connectivity index (χ1v) is 6.19. The summed E-state index contributed by atoms with van der Waals surface area (Å²) in [4.78, 5) is 7.30. The lowest BCUT2D eigenvalue weighted by atomic mass is 9.91. The summed E-state index contributed by atoms with van der Waals surface area (Å²) >= 11 is 0. The largest absolute Gasteiger partial charge is 0.394 e. The summed E-state index contributed by atoms with van der Waals surface area (Å²) in [6.07, 6.45) is -3.11. The molecule has 1 aliphatic heterocycles. The van der Waals surface area contributed by atoms with Crippen molar-refractivity contribution in [3.63, 3.8) is 0 Å². The van der Waals surface area contributed by atoms with Crippen LogP contribution in [0.1, 0.15) is 18.7 Å². The predicted molar refractivity (Wildman–Crippen MR) is 66.5 cm³/mol. The van der Waals surface area contributed by atoms with E-state index in [4.69, 9.17) is 15.6 Å². The van der Waals surface area contributed by atoms with Crippen molar-refractivity contribution in [2.24, 2.45) is 0 Å². The average molecular weight is 299 g/mol. The lowest BCUT2D eigenvalue weighted by Gasteiger charge is -2.25. The zero-order valence-electron chi connectivity index (χ0n) is 11.0. The average Bonchev–Trinajstić information content (AvgIpc) is 2.91. The zero-order valence-corrected chi connectivity index (χ0v) is 11.0. The van der Waals surface area contributed by atoms with E-state index in [9.17, 15) is 14.6 Å². The van der Waals surface area contributed by atoms with Crippen LogP contribution in [0.4, 0.5) is 10.2 Å². The number of hydrogen-bond acceptors (Lipinski definition) is 8. The number of rotatable bonds is 2. The molecule has 9 nitrogen and oxygen atoms in total. The molecule has 5 N–H and O–H groups in total. The number of aliphatic hydroxyl groups excluding tert-OH is 2. The highest BCUT2D eigenvalue weighted by Crippen LogP contribution is 2.41. The van der Waals surface area contributed by atoms with Crippen LogP contribution < -0.4 is 5.73 Å². The molecule has 3 rings (SSSR count). The van der Waals surface area contributed by atoms with E-state index in [-0.39, 0.29) is 17.2 Å². The Balaban J connectivity index is 2.13. The first-order chi connectivity index (χ1) is 9.86. The molecule has 1 saturated heterocycles. The van der Waals surface area contributed by atoms with Crippen molar-refractivity contribution in [1.29, 1.82) is 0 Å². The van der Waals surface area contributed by atoms with Crippen molar-refractivity contribution < 1.29 is 24.4 Å². The Morgan fingerprint density at radius 3 is 2.90 bits per heavy atom. The van der Waals surface area contributed by atoms with Gasteiger partial charge in [0.2, 0.25) is 0 Å². The van der Waals surface area contributed by atoms with Crippen molar-refractivity contribution in [3.05, 3.63) is 18.0 Å². The summed E-state index contributed by atoms with van der Waals surface area (Å²) in [5.74, 6) is -0.161. The maximum atomic E-state index is 13.3. The molecule has 0 bridgehead atoms. The molecule has 0 unspecified atom stereocenters. The van der Waals surface area contributed by atoms with Crippen LogP contribution in [0.15, 0.2) is 6.20 Å². The first kappa shape index (κ1) is 14.1. The molecule has 3 heterocycles. The van der Waals surface area contributed by atoms with E-state index in [1.807, 2.05) is 0 Å². The van der Waals surface area contributed by atoms with Crippen molar-refractivity contribution in [3.8, 4) is 0 Å². The molecule has 1 aliphatic rings. The lowest BCUT2D eigenvalue weighted by molar-refractivity contribution is -0.0665. The van der Waals surface area contributed by atoms with Crippen molar-refractivity contribution in [2.75, 3.05) is 12.3 Å². The van der Waals surface area contributed by atoms with Crippen LogP contribution in [0, 0.1) is 6.08 Å². The van der Waals surface area contributed by atoms with Gasteiger partial charge in [-0.15, -0.1) is 5.10 Å². The molecule has 4 atom stereocenters. The Morgan fingerprint density at radius 2 is 2.29 bits per heavy atom. The molecule has 1 fully saturated rings. The second kappa shape index (κ2) is 4.56. The second-order valence-corrected chi connectivity index (χ2v) is 5.09. The highest BCUT2D eigenvalue weighted by molar-refractivity contribution is 5.59. The smallest absolute Gasteiger partial charge is 0.328 e. The maximum Gasteiger partial charge on any atom is 0.328 e. The van der Waals surface area contributed by atoms with E-state index >= 15 is 0 Å². The number of nitrogens with zero attached hydrogens (tertiary/aromatic N) is 4. The van der Waals surface area contributed by atoms with Crippen LogP contribution in [0.3, 0.4) is 0 Å². The highest BCUT2D eigenvalue weighted by atomic mass is 19.1. The first-order valence-electron chi connectivity index (χ1n) is 6.19. The predicted octanol–water partition coefficient (Wildman–Crippen LogP) is -1.61. The van der Waals surface area contributed by atoms with Gasteiger partial charge in [0, 0.05) is 0 Å². The number of aromatic nitrogens is 4. The molecule has 114 valence electrons. The van der Waals surface area contributed by atoms with Crippen molar-refractivity contribution in [1.82, 2.24) is 19.6 Å². The Kier molecular flexibility index (Phi) is 3.06.